The molecule has 2 aliphatic rings. The Labute approximate surface area is 240 Å². The van der Waals surface area contributed by atoms with Gasteiger partial charge in [-0.05, 0) is 17.3 Å². The molecule has 4 heterocycles. The third-order valence-corrected chi connectivity index (χ3v) is 10.7. The number of thiazole rings is 1. The number of β-lactam (4-membered cyclic amide) rings is 1. The van der Waals surface area contributed by atoms with Crippen molar-refractivity contribution in [2.45, 2.75) is 16.6 Å². The number of carbonyl (C=O) groups is 3. The molecule has 0 aromatic carbocycles. The Morgan fingerprint density at radius 1 is 1.32 bits per heavy atom. The maximum Gasteiger partial charge on any atom is 0.354 e. The molecule has 1 fully saturated rings. The fraction of sp³-hybridized carbons (Fsp3) is 0.333. The first-order valence-electron chi connectivity index (χ1n) is 11.3. The van der Waals surface area contributed by atoms with Crippen molar-refractivity contribution in [3.63, 3.8) is 0 Å². The van der Waals surface area contributed by atoms with Crippen molar-refractivity contribution in [3.8, 4) is 0 Å². The van der Waals surface area contributed by atoms with Crippen LogP contribution in [0, 0.1) is 0 Å². The number of nitrogens with zero attached hydrogens (tertiary/aromatic N) is 4. The monoisotopic (exact) mass is 629 g/mol. The van der Waals surface area contributed by atoms with Crippen LogP contribution in [0.1, 0.15) is 5.69 Å². The molecule has 214 valence electrons. The molecule has 1 saturated heterocycles. The topological polar surface area (TPSA) is 230 Å². The summed E-state index contributed by atoms with van der Waals surface area (Å²) in [6.07, 6.45) is 0. The standard InChI is InChI=1S/C21H25N8O7PS3/c1-28-13(23)4-12(22)26-21(28)40-7-9-6-38-18-14(17(31)29(18)15(9)19(32)33)27-16(30)10(5-37(34,35-2)36-3)11-8-39-20(24)25-11/h4-5,8,14,18H,6-7H2,1-3H3,(H7,22,23,24,25,27,30,32,33)/p+1/b10-5-/t14-,18-/m1/s1. The first-order valence-corrected chi connectivity index (χ1v) is 15.8. The molecular weight excluding hydrogens is 603 g/mol. The lowest BCUT2D eigenvalue weighted by Crippen LogP contribution is -2.70. The quantitative estimate of drug-likeness (QED) is 0.0601. The van der Waals surface area contributed by atoms with Crippen LogP contribution < -0.4 is 27.1 Å². The van der Waals surface area contributed by atoms with Crippen molar-refractivity contribution in [3.05, 3.63) is 34.2 Å². The van der Waals surface area contributed by atoms with E-state index in [1.54, 1.807) is 11.6 Å². The third kappa shape index (κ3) is 5.82. The zero-order valence-corrected chi connectivity index (χ0v) is 24.7. The lowest BCUT2D eigenvalue weighted by atomic mass is 10.0. The predicted octanol–water partition coefficient (Wildman–Crippen LogP) is 0.467. The number of nitrogen functional groups attached to an aromatic ring is 3. The van der Waals surface area contributed by atoms with Crippen molar-refractivity contribution in [2.24, 2.45) is 7.05 Å². The van der Waals surface area contributed by atoms with Crippen LogP contribution in [0.5, 0.6) is 0 Å². The van der Waals surface area contributed by atoms with E-state index in [1.807, 2.05) is 0 Å². The molecule has 2 aliphatic heterocycles. The summed E-state index contributed by atoms with van der Waals surface area (Å²) in [4.78, 5) is 48.1. The van der Waals surface area contributed by atoms with Gasteiger partial charge in [-0.2, -0.15) is 0 Å². The second kappa shape index (κ2) is 11.8. The first kappa shape index (κ1) is 29.8. The van der Waals surface area contributed by atoms with E-state index in [0.717, 1.165) is 36.3 Å². The van der Waals surface area contributed by atoms with Crippen LogP contribution in [-0.2, 0) is 35.0 Å². The smallest absolute Gasteiger partial charge is 0.354 e. The number of rotatable bonds is 10. The number of nitrogens with one attached hydrogen (secondary N) is 1. The molecule has 19 heteroatoms. The Kier molecular flexibility index (Phi) is 8.77. The van der Waals surface area contributed by atoms with Crippen LogP contribution in [0.3, 0.4) is 0 Å². The zero-order chi connectivity index (χ0) is 29.4. The van der Waals surface area contributed by atoms with E-state index < -0.39 is 36.8 Å². The molecule has 2 amide bonds. The summed E-state index contributed by atoms with van der Waals surface area (Å²) in [5.74, 6) is -0.555. The maximum atomic E-state index is 13.3. The number of carboxylic acid groups (broad SMARTS) is 1. The summed E-state index contributed by atoms with van der Waals surface area (Å²) in [6.45, 7) is 0. The van der Waals surface area contributed by atoms with Gasteiger partial charge >= 0.3 is 18.7 Å². The minimum absolute atomic E-state index is 0.114. The summed E-state index contributed by atoms with van der Waals surface area (Å²) >= 11 is 3.59. The summed E-state index contributed by atoms with van der Waals surface area (Å²) in [5, 5.41) is 14.0. The number of anilines is 3. The molecule has 2 aromatic heterocycles. The number of thioether (sulfide) groups is 2. The molecule has 2 aromatic rings. The van der Waals surface area contributed by atoms with Crippen molar-refractivity contribution < 1.29 is 37.7 Å². The van der Waals surface area contributed by atoms with Crippen LogP contribution in [0.15, 0.2) is 33.7 Å². The van der Waals surface area contributed by atoms with Gasteiger partial charge in [0, 0.05) is 36.9 Å². The van der Waals surface area contributed by atoms with Gasteiger partial charge in [0.05, 0.1) is 24.4 Å². The highest BCUT2D eigenvalue weighted by atomic mass is 32.2. The van der Waals surface area contributed by atoms with Crippen molar-refractivity contribution in [1.29, 1.82) is 0 Å². The Balaban J connectivity index is 1.55. The number of nitrogens with two attached hydrogens (primary N) is 3. The second-order valence-electron chi connectivity index (χ2n) is 8.37. The van der Waals surface area contributed by atoms with Gasteiger partial charge in [0.1, 0.15) is 17.1 Å². The Morgan fingerprint density at radius 2 is 2.02 bits per heavy atom. The van der Waals surface area contributed by atoms with Gasteiger partial charge in [0.15, 0.2) is 5.13 Å². The predicted molar refractivity (Wildman–Crippen MR) is 151 cm³/mol. The van der Waals surface area contributed by atoms with E-state index in [9.17, 15) is 24.1 Å². The zero-order valence-electron chi connectivity index (χ0n) is 21.4. The Bertz CT molecular complexity index is 1490. The molecular formula is C21H26N8O7PS3+. The van der Waals surface area contributed by atoms with Crippen LogP contribution in [0.4, 0.5) is 16.8 Å². The highest BCUT2D eigenvalue weighted by Crippen LogP contribution is 2.50. The van der Waals surface area contributed by atoms with Crippen molar-refractivity contribution in [1.82, 2.24) is 20.2 Å². The number of carboxylic acids is 1. The van der Waals surface area contributed by atoms with Crippen LogP contribution in [0.2, 0.25) is 0 Å². The van der Waals surface area contributed by atoms with Crippen molar-refractivity contribution >= 4 is 82.6 Å². The van der Waals surface area contributed by atoms with Crippen LogP contribution in [0.25, 0.3) is 5.57 Å². The summed E-state index contributed by atoms with van der Waals surface area (Å²) < 4.78 is 24.2. The number of hydrogen-bond acceptors (Lipinski definition) is 14. The molecule has 15 nitrogen and oxygen atoms in total. The molecule has 0 unspecified atom stereocenters. The molecule has 8 N–H and O–H groups in total. The first-order chi connectivity index (χ1) is 18.9. The van der Waals surface area contributed by atoms with Crippen molar-refractivity contribution in [2.75, 3.05) is 42.9 Å². The number of hydrogen-bond donors (Lipinski definition) is 5. The minimum atomic E-state index is -3.81. The van der Waals surface area contributed by atoms with E-state index >= 15 is 0 Å². The van der Waals surface area contributed by atoms with Gasteiger partial charge in [-0.1, -0.05) is 4.98 Å². The number of fused-ring (bicyclic) bond motifs is 1. The normalized spacial score (nSPS) is 19.3. The fourth-order valence-electron chi connectivity index (χ4n) is 3.86. The number of amides is 2. The van der Waals surface area contributed by atoms with Gasteiger partial charge in [-0.3, -0.25) is 19.1 Å². The van der Waals surface area contributed by atoms with Crippen LogP contribution >= 0.6 is 42.5 Å². The van der Waals surface area contributed by atoms with E-state index in [1.165, 1.54) is 35.0 Å². The fourth-order valence-corrected chi connectivity index (χ4v) is 7.84. The molecule has 0 saturated carbocycles. The lowest BCUT2D eigenvalue weighted by Gasteiger charge is -2.49. The average molecular weight is 630 g/mol. The van der Waals surface area contributed by atoms with Gasteiger partial charge in [-0.15, -0.1) is 23.1 Å². The van der Waals surface area contributed by atoms with Gasteiger partial charge in [-0.25, -0.2) is 14.3 Å². The maximum absolute atomic E-state index is 13.3. The number of aliphatic carboxylic acids is 1. The molecule has 0 spiro atoms. The molecule has 0 radical (unpaired) electrons. The summed E-state index contributed by atoms with van der Waals surface area (Å²) in [5.41, 5.74) is 17.7. The summed E-state index contributed by atoms with van der Waals surface area (Å²) in [6, 6.07) is 0.464. The highest BCUT2D eigenvalue weighted by Gasteiger charge is 2.54. The Morgan fingerprint density at radius 3 is 2.62 bits per heavy atom. The largest absolute Gasteiger partial charge is 0.477 e. The van der Waals surface area contributed by atoms with E-state index in [-0.39, 0.29) is 39.4 Å². The second-order valence-corrected chi connectivity index (χ2v) is 13.4. The molecule has 40 heavy (non-hydrogen) atoms. The summed E-state index contributed by atoms with van der Waals surface area (Å²) in [7, 11) is 0.210. The molecule has 4 rings (SSSR count). The van der Waals surface area contributed by atoms with Crippen LogP contribution in [-0.4, -0.2) is 74.9 Å². The minimum Gasteiger partial charge on any atom is -0.477 e. The average Bonchev–Trinajstić information content (AvgIpc) is 3.36. The van der Waals surface area contributed by atoms with Gasteiger partial charge in [0.2, 0.25) is 11.6 Å². The Hall–Kier alpha value is -3.15. The number of aromatic nitrogens is 3. The molecule has 0 bridgehead atoms. The highest BCUT2D eigenvalue weighted by molar-refractivity contribution is 8.01. The van der Waals surface area contributed by atoms with Gasteiger partial charge < -0.3 is 36.7 Å². The van der Waals surface area contributed by atoms with E-state index in [2.05, 4.69) is 15.3 Å². The molecule has 0 aliphatic carbocycles. The van der Waals surface area contributed by atoms with E-state index in [4.69, 9.17) is 26.2 Å². The number of carbonyl (C=O) groups excluding carboxylic acids is 2. The molecule has 2 atom stereocenters. The third-order valence-electron chi connectivity index (χ3n) is 5.95. The van der Waals surface area contributed by atoms with Gasteiger partial charge in [0.25, 0.3) is 11.8 Å². The SMILES string of the molecule is COP(=O)(/C=C(\C(=O)N[C@@H]1C(=O)N2C(C(=O)O)=C(CSc3nc(N)cc(N)[n+]3C)CS[C@H]12)c1csc(N)n1)OC. The van der Waals surface area contributed by atoms with E-state index in [0.29, 0.717) is 16.5 Å². The lowest BCUT2D eigenvalue weighted by molar-refractivity contribution is -0.698.